The van der Waals surface area contributed by atoms with Crippen LogP contribution in [0.3, 0.4) is 0 Å². The fraction of sp³-hybridized carbons (Fsp3) is 0.400. The monoisotopic (exact) mass is 198 g/mol. The van der Waals surface area contributed by atoms with E-state index in [-0.39, 0.29) is 5.76 Å². The van der Waals surface area contributed by atoms with E-state index in [0.717, 1.165) is 0 Å². The Morgan fingerprint density at radius 1 is 1.50 bits per heavy atom. The van der Waals surface area contributed by atoms with Gasteiger partial charge in [-0.1, -0.05) is 0 Å². The molecule has 0 bridgehead atoms. The van der Waals surface area contributed by atoms with Crippen LogP contribution in [0.15, 0.2) is 12.3 Å². The van der Waals surface area contributed by atoms with Crippen molar-refractivity contribution in [3.63, 3.8) is 0 Å². The topological polar surface area (TPSA) is 101 Å². The normalized spacial score (nSPS) is 9.25. The summed E-state index contributed by atoms with van der Waals surface area (Å²) >= 11 is 0. The summed E-state index contributed by atoms with van der Waals surface area (Å²) < 4.78 is 30.1. The van der Waals surface area contributed by atoms with Crippen LogP contribution >= 0.6 is 0 Å². The van der Waals surface area contributed by atoms with Crippen molar-refractivity contribution in [3.05, 3.63) is 12.3 Å². The first kappa shape index (κ1) is 13.5. The van der Waals surface area contributed by atoms with Crippen molar-refractivity contribution in [2.45, 2.75) is 0 Å². The second-order valence-corrected chi connectivity index (χ2v) is 3.13. The molecule has 0 aromatic rings. The predicted octanol–water partition coefficient (Wildman–Crippen LogP) is -0.265. The van der Waals surface area contributed by atoms with Crippen LogP contribution < -0.4 is 0 Å². The Morgan fingerprint density at radius 3 is 1.75 bits per heavy atom. The third-order valence-corrected chi connectivity index (χ3v) is 0.485. The van der Waals surface area contributed by atoms with Crippen LogP contribution in [0.4, 0.5) is 0 Å². The number of methoxy groups -OCH3 is 1. The predicted molar refractivity (Wildman–Crippen MR) is 41.3 cm³/mol. The lowest BCUT2D eigenvalue weighted by Crippen LogP contribution is -1.99. The quantitative estimate of drug-likeness (QED) is 0.360. The summed E-state index contributed by atoms with van der Waals surface area (Å²) in [5, 5.41) is 7.96. The van der Waals surface area contributed by atoms with Crippen molar-refractivity contribution < 1.29 is 27.6 Å². The highest BCUT2D eigenvalue weighted by Gasteiger charge is 1.98. The van der Waals surface area contributed by atoms with Gasteiger partial charge in [0.1, 0.15) is 0 Å². The number of aliphatic carboxylic acids is 1. The Morgan fingerprint density at radius 2 is 1.75 bits per heavy atom. The van der Waals surface area contributed by atoms with Crippen molar-refractivity contribution in [3.8, 4) is 0 Å². The minimum absolute atomic E-state index is 0.236. The molecule has 0 rings (SSSR count). The molecule has 0 spiro atoms. The van der Waals surface area contributed by atoms with Crippen LogP contribution in [0.5, 0.6) is 0 Å². The first-order valence-electron chi connectivity index (χ1n) is 2.57. The minimum Gasteiger partial charge on any atom is -0.490 e. The van der Waals surface area contributed by atoms with Crippen LogP contribution in [0.2, 0.25) is 0 Å². The maximum Gasteiger partial charge on any atom is 0.370 e. The molecule has 0 saturated carbocycles. The van der Waals surface area contributed by atoms with Gasteiger partial charge in [0, 0.05) is 0 Å². The van der Waals surface area contributed by atoms with Gasteiger partial charge in [-0.2, -0.15) is 8.42 Å². The second-order valence-electron chi connectivity index (χ2n) is 1.67. The van der Waals surface area contributed by atoms with Gasteiger partial charge >= 0.3 is 5.97 Å². The molecular weight excluding hydrogens is 188 g/mol. The van der Waals surface area contributed by atoms with Gasteiger partial charge < -0.3 is 9.84 Å². The molecule has 0 heterocycles. The molecule has 0 atom stereocenters. The first-order chi connectivity index (χ1) is 5.18. The first-order valence-corrected chi connectivity index (χ1v) is 4.42. The number of carboxylic acid groups (broad SMARTS) is 1. The van der Waals surface area contributed by atoms with Crippen LogP contribution in [-0.4, -0.2) is 37.4 Å². The third kappa shape index (κ3) is 23.1. The minimum atomic E-state index is -3.67. The van der Waals surface area contributed by atoms with Crippen molar-refractivity contribution in [2.24, 2.45) is 0 Å². The lowest BCUT2D eigenvalue weighted by atomic mass is 10.6. The maximum absolute atomic E-state index is 9.71. The highest BCUT2D eigenvalue weighted by molar-refractivity contribution is 7.85. The van der Waals surface area contributed by atoms with Crippen molar-refractivity contribution in [1.82, 2.24) is 0 Å². The van der Waals surface area contributed by atoms with Crippen molar-refractivity contribution in [1.29, 1.82) is 0 Å². The van der Waals surface area contributed by atoms with Crippen LogP contribution in [0, 0.1) is 0 Å². The molecular formula is C5H10O6S. The van der Waals surface area contributed by atoms with Crippen LogP contribution in [0.1, 0.15) is 0 Å². The molecule has 0 aliphatic rings. The lowest BCUT2D eigenvalue weighted by Gasteiger charge is -1.92. The molecule has 0 aliphatic carbocycles. The molecule has 2 N–H and O–H groups in total. The van der Waals surface area contributed by atoms with Gasteiger partial charge in [-0.15, -0.1) is 0 Å². The zero-order valence-corrected chi connectivity index (χ0v) is 7.46. The molecule has 12 heavy (non-hydrogen) atoms. The van der Waals surface area contributed by atoms with Gasteiger partial charge in [0.15, 0.2) is 5.76 Å². The van der Waals surface area contributed by atoms with E-state index in [4.69, 9.17) is 9.66 Å². The van der Waals surface area contributed by atoms with E-state index >= 15 is 0 Å². The van der Waals surface area contributed by atoms with E-state index in [9.17, 15) is 13.2 Å². The van der Waals surface area contributed by atoms with Gasteiger partial charge in [-0.3, -0.25) is 4.55 Å². The van der Waals surface area contributed by atoms with E-state index in [2.05, 4.69) is 11.3 Å². The van der Waals surface area contributed by atoms with Gasteiger partial charge in [0.05, 0.1) is 13.4 Å². The van der Waals surface area contributed by atoms with Gasteiger partial charge in [0.2, 0.25) is 0 Å². The van der Waals surface area contributed by atoms with E-state index in [1.165, 1.54) is 7.11 Å². The molecule has 72 valence electrons. The Balaban J connectivity index is 0. The number of carboxylic acids is 1. The zero-order valence-electron chi connectivity index (χ0n) is 6.64. The molecule has 0 fully saturated rings. The van der Waals surface area contributed by atoms with E-state index in [1.807, 2.05) is 0 Å². The lowest BCUT2D eigenvalue weighted by molar-refractivity contribution is -0.136. The van der Waals surface area contributed by atoms with Crippen molar-refractivity contribution >= 4 is 16.1 Å². The summed E-state index contributed by atoms with van der Waals surface area (Å²) in [6.07, 6.45) is 0.715. The fourth-order valence-corrected chi connectivity index (χ4v) is 0.0873. The van der Waals surface area contributed by atoms with Gasteiger partial charge in [-0.25, -0.2) is 4.79 Å². The number of hydrogen-bond donors (Lipinski definition) is 2. The Bertz CT molecular complexity index is 243. The highest BCUT2D eigenvalue weighted by Crippen LogP contribution is 1.86. The second kappa shape index (κ2) is 5.56. The Labute approximate surface area is 70.2 Å². The van der Waals surface area contributed by atoms with Crippen LogP contribution in [0.25, 0.3) is 0 Å². The molecule has 0 aliphatic heterocycles. The zero-order chi connectivity index (χ0) is 10.4. The Hall–Kier alpha value is -1.08. The van der Waals surface area contributed by atoms with E-state index in [1.54, 1.807) is 0 Å². The molecule has 7 heteroatoms. The molecule has 6 nitrogen and oxygen atoms in total. The molecule has 0 radical (unpaired) electrons. The number of hydrogen-bond acceptors (Lipinski definition) is 4. The summed E-state index contributed by atoms with van der Waals surface area (Å²) in [6.45, 7) is 3.05. The van der Waals surface area contributed by atoms with E-state index < -0.39 is 16.1 Å². The molecule has 0 saturated heterocycles. The summed E-state index contributed by atoms with van der Waals surface area (Å²) in [4.78, 5) is 9.71. The van der Waals surface area contributed by atoms with Crippen LogP contribution in [-0.2, 0) is 19.6 Å². The summed E-state index contributed by atoms with van der Waals surface area (Å²) in [5.41, 5.74) is 0. The average molecular weight is 198 g/mol. The smallest absolute Gasteiger partial charge is 0.370 e. The van der Waals surface area contributed by atoms with E-state index in [0.29, 0.717) is 6.26 Å². The molecule has 0 unspecified atom stereocenters. The highest BCUT2D eigenvalue weighted by atomic mass is 32.2. The number of ether oxygens (including phenoxy) is 1. The average Bonchev–Trinajstić information content (AvgIpc) is 1.82. The molecule has 0 amide bonds. The number of carbonyl (C=O) groups is 1. The number of rotatable bonds is 2. The fourth-order valence-electron chi connectivity index (χ4n) is 0.0873. The summed E-state index contributed by atoms with van der Waals surface area (Å²) in [6, 6.07) is 0. The summed E-state index contributed by atoms with van der Waals surface area (Å²) in [7, 11) is -2.41. The van der Waals surface area contributed by atoms with Gasteiger partial charge in [-0.05, 0) is 6.58 Å². The largest absolute Gasteiger partial charge is 0.490 e. The van der Waals surface area contributed by atoms with Crippen molar-refractivity contribution in [2.75, 3.05) is 13.4 Å². The third-order valence-electron chi connectivity index (χ3n) is 0.485. The molecule has 0 aromatic carbocycles. The van der Waals surface area contributed by atoms with Gasteiger partial charge in [0.25, 0.3) is 10.1 Å². The standard InChI is InChI=1S/C4H6O3.CH4O3S/c1-3(7-2)4(5)6;1-5(2,3)4/h1H2,2H3,(H,5,6);1H3,(H,2,3,4). The molecule has 0 aromatic heterocycles. The Kier molecular flexibility index (Phi) is 6.25. The summed E-state index contributed by atoms with van der Waals surface area (Å²) in [5.74, 6) is -1.36. The maximum atomic E-state index is 9.71. The SMILES string of the molecule is C=C(OC)C(=O)O.CS(=O)(=O)O.